The van der Waals surface area contributed by atoms with E-state index in [1.165, 1.54) is 11.1 Å². The van der Waals surface area contributed by atoms with Crippen LogP contribution in [0.15, 0.2) is 48.5 Å². The van der Waals surface area contributed by atoms with Crippen LogP contribution >= 0.6 is 0 Å². The van der Waals surface area contributed by atoms with Crippen LogP contribution in [0.25, 0.3) is 11.1 Å². The van der Waals surface area contributed by atoms with Gasteiger partial charge in [-0.05, 0) is 36.5 Å². The summed E-state index contributed by atoms with van der Waals surface area (Å²) in [4.78, 5) is 29.3. The minimum absolute atomic E-state index is 0.0508. The fraction of sp³-hybridized carbons (Fsp3) is 0.440. The summed E-state index contributed by atoms with van der Waals surface area (Å²) in [7, 11) is 3.61. The van der Waals surface area contributed by atoms with E-state index in [4.69, 9.17) is 0 Å². The average molecular weight is 393 g/mol. The number of amides is 2. The molecule has 0 radical (unpaired) electrons. The second-order valence-electron chi connectivity index (χ2n) is 8.89. The molecule has 0 unspecified atom stereocenters. The van der Waals surface area contributed by atoms with Crippen molar-refractivity contribution >= 4 is 11.8 Å². The van der Waals surface area contributed by atoms with Crippen molar-refractivity contribution in [1.82, 2.24) is 9.80 Å². The molecular weight excluding hydrogens is 360 g/mol. The van der Waals surface area contributed by atoms with Crippen molar-refractivity contribution in [2.45, 2.75) is 33.6 Å². The van der Waals surface area contributed by atoms with Crippen molar-refractivity contribution in [2.24, 2.45) is 11.3 Å². The van der Waals surface area contributed by atoms with Crippen LogP contribution < -0.4 is 0 Å². The maximum absolute atomic E-state index is 13.2. The summed E-state index contributed by atoms with van der Waals surface area (Å²) in [5.41, 5.74) is 4.15. The summed E-state index contributed by atoms with van der Waals surface area (Å²) in [5.74, 6) is 0.189. The van der Waals surface area contributed by atoms with Crippen LogP contribution in [0.2, 0.25) is 0 Å². The highest BCUT2D eigenvalue weighted by molar-refractivity contribution is 5.86. The van der Waals surface area contributed by atoms with Gasteiger partial charge in [-0.3, -0.25) is 9.59 Å². The van der Waals surface area contributed by atoms with E-state index in [9.17, 15) is 9.59 Å². The van der Waals surface area contributed by atoms with Gasteiger partial charge in [0.1, 0.15) is 0 Å². The number of benzene rings is 2. The highest BCUT2D eigenvalue weighted by atomic mass is 16.2. The lowest BCUT2D eigenvalue weighted by atomic mass is 9.79. The zero-order valence-electron chi connectivity index (χ0n) is 18.2. The molecule has 0 aliphatic carbocycles. The topological polar surface area (TPSA) is 40.6 Å². The molecule has 1 aliphatic heterocycles. The lowest BCUT2D eigenvalue weighted by Crippen LogP contribution is -2.45. The third kappa shape index (κ3) is 4.52. The molecule has 1 atom stereocenters. The third-order valence-corrected chi connectivity index (χ3v) is 5.87. The van der Waals surface area contributed by atoms with Crippen LogP contribution in [0.1, 0.15) is 31.4 Å². The molecule has 2 aromatic carbocycles. The zero-order valence-corrected chi connectivity index (χ0v) is 18.2. The van der Waals surface area contributed by atoms with Crippen molar-refractivity contribution < 1.29 is 9.59 Å². The fourth-order valence-corrected chi connectivity index (χ4v) is 4.29. The Kier molecular flexibility index (Phi) is 6.11. The summed E-state index contributed by atoms with van der Waals surface area (Å²) >= 11 is 0. The van der Waals surface area contributed by atoms with Crippen LogP contribution in [0.4, 0.5) is 0 Å². The van der Waals surface area contributed by atoms with Gasteiger partial charge in [0.2, 0.25) is 11.8 Å². The molecule has 0 bridgehead atoms. The summed E-state index contributed by atoms with van der Waals surface area (Å²) in [5, 5.41) is 0. The van der Waals surface area contributed by atoms with E-state index in [1.807, 2.05) is 18.7 Å². The Bertz CT molecular complexity index is 886. The monoisotopic (exact) mass is 392 g/mol. The maximum Gasteiger partial charge on any atom is 0.230 e. The standard InChI is InChI=1S/C25H32N2O2/c1-18(2)23(28)27-14-13-25(17-27,24(29)26(4)5)16-20-7-6-8-22(15-20)21-11-9-19(3)10-12-21/h6-12,15,18H,13-14,16-17H2,1-5H3/t25-/m1/s1. The van der Waals surface area contributed by atoms with Crippen molar-refractivity contribution in [3.63, 3.8) is 0 Å². The predicted molar refractivity (Wildman–Crippen MR) is 117 cm³/mol. The molecule has 4 heteroatoms. The summed E-state index contributed by atoms with van der Waals surface area (Å²) in [6.45, 7) is 7.06. The van der Waals surface area contributed by atoms with Gasteiger partial charge in [-0.25, -0.2) is 0 Å². The smallest absolute Gasteiger partial charge is 0.230 e. The molecule has 2 amide bonds. The lowest BCUT2D eigenvalue weighted by molar-refractivity contribution is -0.140. The number of hydrogen-bond donors (Lipinski definition) is 0. The molecule has 1 fully saturated rings. The summed E-state index contributed by atoms with van der Waals surface area (Å²) in [6.07, 6.45) is 1.35. The molecule has 0 saturated carbocycles. The normalized spacial score (nSPS) is 18.9. The Morgan fingerprint density at radius 2 is 1.76 bits per heavy atom. The lowest BCUT2D eigenvalue weighted by Gasteiger charge is -2.31. The number of carbonyl (C=O) groups is 2. The van der Waals surface area contributed by atoms with Gasteiger partial charge >= 0.3 is 0 Å². The predicted octanol–water partition coefficient (Wildman–Crippen LogP) is 4.17. The molecule has 4 nitrogen and oxygen atoms in total. The third-order valence-electron chi connectivity index (χ3n) is 5.87. The quantitative estimate of drug-likeness (QED) is 0.766. The van der Waals surface area contributed by atoms with Gasteiger partial charge < -0.3 is 9.80 Å². The van der Waals surface area contributed by atoms with Crippen molar-refractivity contribution in [2.75, 3.05) is 27.2 Å². The molecule has 1 saturated heterocycles. The SMILES string of the molecule is Cc1ccc(-c2cccc(C[C@]3(C(=O)N(C)C)CCN(C(=O)C(C)C)C3)c2)cc1. The van der Waals surface area contributed by atoms with Gasteiger partial charge in [-0.1, -0.05) is 67.9 Å². The highest BCUT2D eigenvalue weighted by Crippen LogP contribution is 2.37. The van der Waals surface area contributed by atoms with E-state index in [0.29, 0.717) is 25.9 Å². The number of aryl methyl sites for hydroxylation is 1. The van der Waals surface area contributed by atoms with Gasteiger partial charge in [0, 0.05) is 33.1 Å². The van der Waals surface area contributed by atoms with Crippen LogP contribution in [-0.4, -0.2) is 48.8 Å². The molecule has 1 heterocycles. The number of rotatable bonds is 5. The number of hydrogen-bond acceptors (Lipinski definition) is 2. The van der Waals surface area contributed by atoms with E-state index in [0.717, 1.165) is 11.1 Å². The Morgan fingerprint density at radius 1 is 1.07 bits per heavy atom. The fourth-order valence-electron chi connectivity index (χ4n) is 4.29. The first-order valence-corrected chi connectivity index (χ1v) is 10.4. The van der Waals surface area contributed by atoms with Crippen LogP contribution in [0, 0.1) is 18.3 Å². The minimum Gasteiger partial charge on any atom is -0.348 e. The largest absolute Gasteiger partial charge is 0.348 e. The van der Waals surface area contributed by atoms with Gasteiger partial charge in [0.15, 0.2) is 0 Å². The Hall–Kier alpha value is -2.62. The molecule has 0 N–H and O–H groups in total. The number of carbonyl (C=O) groups excluding carboxylic acids is 2. The van der Waals surface area contributed by atoms with Gasteiger partial charge in [-0.15, -0.1) is 0 Å². The van der Waals surface area contributed by atoms with Crippen LogP contribution in [0.5, 0.6) is 0 Å². The first-order chi connectivity index (χ1) is 13.7. The Morgan fingerprint density at radius 3 is 2.38 bits per heavy atom. The van der Waals surface area contributed by atoms with Crippen LogP contribution in [-0.2, 0) is 16.0 Å². The van der Waals surface area contributed by atoms with Crippen LogP contribution in [0.3, 0.4) is 0 Å². The molecule has 2 aromatic rings. The molecule has 0 aromatic heterocycles. The van der Waals surface area contributed by atoms with E-state index >= 15 is 0 Å². The Balaban J connectivity index is 1.89. The summed E-state index contributed by atoms with van der Waals surface area (Å²) < 4.78 is 0. The first kappa shape index (κ1) is 21.1. The highest BCUT2D eigenvalue weighted by Gasteiger charge is 2.46. The van der Waals surface area contributed by atoms with E-state index in [2.05, 4.69) is 55.5 Å². The maximum atomic E-state index is 13.2. The van der Waals surface area contributed by atoms with Gasteiger partial charge in [-0.2, -0.15) is 0 Å². The average Bonchev–Trinajstić information content (AvgIpc) is 3.12. The van der Waals surface area contributed by atoms with Gasteiger partial charge in [0.25, 0.3) is 0 Å². The molecule has 3 rings (SSSR count). The number of nitrogens with zero attached hydrogens (tertiary/aromatic N) is 2. The van der Waals surface area contributed by atoms with E-state index < -0.39 is 5.41 Å². The van der Waals surface area contributed by atoms with Crippen molar-refractivity contribution in [1.29, 1.82) is 0 Å². The summed E-state index contributed by atoms with van der Waals surface area (Å²) in [6, 6.07) is 16.9. The molecular formula is C25H32N2O2. The Labute approximate surface area is 174 Å². The van der Waals surface area contributed by atoms with Crippen molar-refractivity contribution in [3.8, 4) is 11.1 Å². The second kappa shape index (κ2) is 8.40. The zero-order chi connectivity index (χ0) is 21.2. The second-order valence-corrected chi connectivity index (χ2v) is 8.89. The van der Waals surface area contributed by atoms with Gasteiger partial charge in [0.05, 0.1) is 5.41 Å². The van der Waals surface area contributed by atoms with E-state index in [1.54, 1.807) is 19.0 Å². The number of likely N-dealkylation sites (tertiary alicyclic amines) is 1. The molecule has 0 spiro atoms. The first-order valence-electron chi connectivity index (χ1n) is 10.4. The minimum atomic E-state index is -0.556. The molecule has 1 aliphatic rings. The van der Waals surface area contributed by atoms with Crippen molar-refractivity contribution in [3.05, 3.63) is 59.7 Å². The molecule has 154 valence electrons. The molecule has 29 heavy (non-hydrogen) atoms. The van der Waals surface area contributed by atoms with E-state index in [-0.39, 0.29) is 17.7 Å².